The van der Waals surface area contributed by atoms with E-state index in [1.807, 2.05) is 12.1 Å². The van der Waals surface area contributed by atoms with Gasteiger partial charge in [0.05, 0.1) is 22.3 Å². The van der Waals surface area contributed by atoms with Crippen LogP contribution in [0.25, 0.3) is 27.5 Å². The summed E-state index contributed by atoms with van der Waals surface area (Å²) < 4.78 is 17.0. The van der Waals surface area contributed by atoms with Crippen LogP contribution in [0.4, 0.5) is 10.2 Å². The quantitative estimate of drug-likeness (QED) is 0.481. The van der Waals surface area contributed by atoms with Crippen molar-refractivity contribution < 1.29 is 9.18 Å². The number of fused-ring (bicyclic) bond motifs is 2. The molecule has 0 radical (unpaired) electrons. The van der Waals surface area contributed by atoms with Gasteiger partial charge < -0.3 is 5.32 Å². The van der Waals surface area contributed by atoms with Gasteiger partial charge >= 0.3 is 0 Å². The number of nitrogens with zero attached hydrogens (tertiary/aromatic N) is 3. The summed E-state index contributed by atoms with van der Waals surface area (Å²) in [6.07, 6.45) is 8.18. The third kappa shape index (κ3) is 2.57. The molecule has 0 bridgehead atoms. The van der Waals surface area contributed by atoms with Crippen molar-refractivity contribution in [3.8, 4) is 11.1 Å². The van der Waals surface area contributed by atoms with E-state index >= 15 is 4.39 Å². The average molecular weight is 398 g/mol. The van der Waals surface area contributed by atoms with Crippen LogP contribution in [0.2, 0.25) is 5.02 Å². The monoisotopic (exact) mass is 397 g/mol. The Morgan fingerprint density at radius 3 is 2.93 bits per heavy atom. The van der Waals surface area contributed by atoms with E-state index in [1.165, 1.54) is 0 Å². The van der Waals surface area contributed by atoms with Gasteiger partial charge in [-0.3, -0.25) is 9.89 Å². The normalized spacial score (nSPS) is 14.9. The first-order chi connectivity index (χ1) is 13.7. The van der Waals surface area contributed by atoms with Crippen LogP contribution >= 0.6 is 11.6 Å². The van der Waals surface area contributed by atoms with Crippen molar-refractivity contribution in [1.82, 2.24) is 19.8 Å². The maximum absolute atomic E-state index is 15.4. The molecule has 0 atom stereocenters. The molecule has 6 nitrogen and oxygen atoms in total. The number of H-pyrrole nitrogens is 1. The zero-order valence-electron chi connectivity index (χ0n) is 14.9. The van der Waals surface area contributed by atoms with Gasteiger partial charge in [0.25, 0.3) is 0 Å². The van der Waals surface area contributed by atoms with Crippen LogP contribution in [0.3, 0.4) is 0 Å². The van der Waals surface area contributed by atoms with E-state index in [2.05, 4.69) is 20.6 Å². The van der Waals surface area contributed by atoms with E-state index < -0.39 is 0 Å². The Balaban J connectivity index is 1.72. The minimum absolute atomic E-state index is 0.117. The highest BCUT2D eigenvalue weighted by Crippen LogP contribution is 2.45. The van der Waals surface area contributed by atoms with Gasteiger partial charge in [0.2, 0.25) is 6.41 Å². The number of hydrogen-bond acceptors (Lipinski definition) is 3. The minimum Gasteiger partial charge on any atom is -0.312 e. The van der Waals surface area contributed by atoms with Gasteiger partial charge in [0, 0.05) is 28.8 Å². The van der Waals surface area contributed by atoms with Crippen LogP contribution in [-0.4, -0.2) is 26.2 Å². The molecule has 1 fully saturated rings. The fourth-order valence-electron chi connectivity index (χ4n) is 4.30. The topological polar surface area (TPSA) is 75.1 Å². The van der Waals surface area contributed by atoms with Crippen molar-refractivity contribution in [2.45, 2.75) is 31.6 Å². The molecule has 1 aliphatic carbocycles. The second-order valence-corrected chi connectivity index (χ2v) is 7.51. The Morgan fingerprint density at radius 2 is 2.14 bits per heavy atom. The molecule has 0 spiro atoms. The van der Waals surface area contributed by atoms with Gasteiger partial charge in [-0.25, -0.2) is 8.91 Å². The van der Waals surface area contributed by atoms with E-state index in [4.69, 9.17) is 11.6 Å². The number of halogens is 2. The molecule has 2 N–H and O–H groups in total. The number of amides is 1. The fraction of sp³-hybridized carbons (Fsp3) is 0.250. The van der Waals surface area contributed by atoms with Crippen molar-refractivity contribution in [1.29, 1.82) is 0 Å². The van der Waals surface area contributed by atoms with Gasteiger partial charge in [0.15, 0.2) is 5.82 Å². The Kier molecular flexibility index (Phi) is 4.05. The van der Waals surface area contributed by atoms with Gasteiger partial charge in [0.1, 0.15) is 5.82 Å². The zero-order chi connectivity index (χ0) is 19.3. The summed E-state index contributed by atoms with van der Waals surface area (Å²) in [5, 5.41) is 14.9. The number of carbonyl (C=O) groups excluding carboxylic acids is 1. The molecule has 28 heavy (non-hydrogen) atoms. The number of nitrogens with one attached hydrogen (secondary N) is 2. The Morgan fingerprint density at radius 1 is 1.32 bits per heavy atom. The van der Waals surface area contributed by atoms with E-state index in [0.29, 0.717) is 23.4 Å². The Bertz CT molecular complexity index is 1210. The molecule has 1 saturated carbocycles. The Hall–Kier alpha value is -2.93. The molecular weight excluding hydrogens is 381 g/mol. The lowest BCUT2D eigenvalue weighted by Gasteiger charge is -2.16. The van der Waals surface area contributed by atoms with Gasteiger partial charge in [-0.2, -0.15) is 10.2 Å². The van der Waals surface area contributed by atoms with Crippen molar-refractivity contribution in [2.75, 3.05) is 5.32 Å². The third-order valence-corrected chi connectivity index (χ3v) is 5.90. The smallest absolute Gasteiger partial charge is 0.212 e. The SMILES string of the molecule is O=CNc1cc2cc(-c3c(Cl)c(F)c(C4CCCC4)c4[nH]ncc34)ccn2n1. The number of hydrogen-bond donors (Lipinski definition) is 2. The largest absolute Gasteiger partial charge is 0.312 e. The molecule has 1 amide bonds. The molecule has 3 heterocycles. The number of carbonyl (C=O) groups is 1. The lowest BCUT2D eigenvalue weighted by atomic mass is 9.91. The van der Waals surface area contributed by atoms with E-state index in [9.17, 15) is 4.79 Å². The number of rotatable bonds is 4. The number of anilines is 1. The van der Waals surface area contributed by atoms with Gasteiger partial charge in [-0.05, 0) is 36.5 Å². The van der Waals surface area contributed by atoms with Crippen LogP contribution in [-0.2, 0) is 4.79 Å². The summed E-state index contributed by atoms with van der Waals surface area (Å²) in [6.45, 7) is 0. The summed E-state index contributed by atoms with van der Waals surface area (Å²) in [7, 11) is 0. The highest BCUT2D eigenvalue weighted by Gasteiger charge is 2.28. The molecule has 0 saturated heterocycles. The summed E-state index contributed by atoms with van der Waals surface area (Å²) in [4.78, 5) is 10.6. The molecule has 3 aromatic heterocycles. The predicted molar refractivity (Wildman–Crippen MR) is 106 cm³/mol. The lowest BCUT2D eigenvalue weighted by molar-refractivity contribution is -0.105. The van der Waals surface area contributed by atoms with Crippen molar-refractivity contribution in [2.24, 2.45) is 0 Å². The van der Waals surface area contributed by atoms with Gasteiger partial charge in [-0.1, -0.05) is 24.4 Å². The number of aromatic amines is 1. The first kappa shape index (κ1) is 17.2. The molecule has 1 aliphatic rings. The van der Waals surface area contributed by atoms with E-state index in [-0.39, 0.29) is 16.8 Å². The summed E-state index contributed by atoms with van der Waals surface area (Å²) >= 11 is 6.56. The molecule has 0 unspecified atom stereocenters. The van der Waals surface area contributed by atoms with Crippen LogP contribution in [0.1, 0.15) is 37.2 Å². The third-order valence-electron chi connectivity index (χ3n) is 5.55. The molecule has 8 heteroatoms. The fourth-order valence-corrected chi connectivity index (χ4v) is 4.61. The number of pyridine rings is 1. The van der Waals surface area contributed by atoms with Crippen LogP contribution in [0.5, 0.6) is 0 Å². The van der Waals surface area contributed by atoms with Crippen LogP contribution in [0.15, 0.2) is 30.6 Å². The summed E-state index contributed by atoms with van der Waals surface area (Å²) in [5.41, 5.74) is 3.51. The highest BCUT2D eigenvalue weighted by molar-refractivity contribution is 6.35. The van der Waals surface area contributed by atoms with Crippen molar-refractivity contribution in [3.63, 3.8) is 0 Å². The second kappa shape index (κ2) is 6.60. The zero-order valence-corrected chi connectivity index (χ0v) is 15.6. The first-order valence-electron chi connectivity index (χ1n) is 9.21. The maximum Gasteiger partial charge on any atom is 0.212 e. The lowest BCUT2D eigenvalue weighted by Crippen LogP contribution is -2.01. The van der Waals surface area contributed by atoms with Crippen LogP contribution < -0.4 is 5.32 Å². The predicted octanol–water partition coefficient (Wildman–Crippen LogP) is 4.90. The molecule has 0 aliphatic heterocycles. The highest BCUT2D eigenvalue weighted by atomic mass is 35.5. The van der Waals surface area contributed by atoms with Crippen molar-refractivity contribution in [3.05, 3.63) is 47.0 Å². The van der Waals surface area contributed by atoms with E-state index in [1.54, 1.807) is 23.0 Å². The van der Waals surface area contributed by atoms with Crippen molar-refractivity contribution >= 4 is 40.2 Å². The number of aromatic nitrogens is 4. The molecular formula is C20H17ClFN5O. The standard InChI is InChI=1S/C20H17ClFN5O/c21-18-16(12-5-6-27-13(7-12)8-15(26-27)23-10-28)14-9-24-25-20(14)17(19(18)22)11-3-1-2-4-11/h5-11H,1-4H2,(H,24,25)(H,23,26,28). The minimum atomic E-state index is -0.364. The Labute approximate surface area is 164 Å². The molecule has 5 rings (SSSR count). The van der Waals surface area contributed by atoms with Gasteiger partial charge in [-0.15, -0.1) is 0 Å². The molecule has 4 aromatic rings. The maximum atomic E-state index is 15.4. The first-order valence-corrected chi connectivity index (χ1v) is 9.59. The summed E-state index contributed by atoms with van der Waals surface area (Å²) in [6, 6.07) is 5.43. The van der Waals surface area contributed by atoms with E-state index in [0.717, 1.165) is 47.7 Å². The average Bonchev–Trinajstić information content (AvgIpc) is 3.43. The van der Waals surface area contributed by atoms with Crippen LogP contribution in [0, 0.1) is 5.82 Å². The number of benzene rings is 1. The molecule has 142 valence electrons. The summed E-state index contributed by atoms with van der Waals surface area (Å²) in [5.74, 6) is 0.246. The molecule has 1 aromatic carbocycles. The second-order valence-electron chi connectivity index (χ2n) is 7.13.